The number of anilines is 1. The molecule has 0 aromatic heterocycles. The van der Waals surface area contributed by atoms with E-state index in [2.05, 4.69) is 10.2 Å². The maximum Gasteiger partial charge on any atom is 0.243 e. The fraction of sp³-hybridized carbons (Fsp3) is 0.417. The summed E-state index contributed by atoms with van der Waals surface area (Å²) < 4.78 is 10.9. The van der Waals surface area contributed by atoms with Crippen LogP contribution in [0.4, 0.5) is 5.69 Å². The van der Waals surface area contributed by atoms with Crippen molar-refractivity contribution < 1.29 is 19.1 Å². The van der Waals surface area contributed by atoms with Gasteiger partial charge in [-0.3, -0.25) is 14.5 Å². The Morgan fingerprint density at radius 3 is 2.55 bits per heavy atom. The molecule has 0 spiro atoms. The van der Waals surface area contributed by atoms with Gasteiger partial charge in [-0.15, -0.1) is 0 Å². The molecule has 0 aliphatic carbocycles. The minimum atomic E-state index is -0.213. The molecule has 7 nitrogen and oxygen atoms in total. The number of carbonyl (C=O) groups is 2. The highest BCUT2D eigenvalue weighted by atomic mass is 16.5. The van der Waals surface area contributed by atoms with Gasteiger partial charge >= 0.3 is 0 Å². The van der Waals surface area contributed by atoms with Gasteiger partial charge in [-0.1, -0.05) is 23.8 Å². The Bertz CT molecular complexity index is 914. The zero-order chi connectivity index (χ0) is 22.4. The number of methoxy groups -OCH3 is 2. The average Bonchev–Trinajstić information content (AvgIpc) is 3.22. The first-order valence-electron chi connectivity index (χ1n) is 10.5. The lowest BCUT2D eigenvalue weighted by atomic mass is 10.0. The summed E-state index contributed by atoms with van der Waals surface area (Å²) in [5.74, 6) is 1.20. The molecule has 31 heavy (non-hydrogen) atoms. The highest BCUT2D eigenvalue weighted by Crippen LogP contribution is 2.38. The van der Waals surface area contributed by atoms with E-state index in [9.17, 15) is 9.59 Å². The summed E-state index contributed by atoms with van der Waals surface area (Å²) in [4.78, 5) is 28.8. The zero-order valence-electron chi connectivity index (χ0n) is 18.7. The predicted octanol–water partition coefficient (Wildman–Crippen LogP) is 3.25. The summed E-state index contributed by atoms with van der Waals surface area (Å²) in [6.45, 7) is 3.09. The Kier molecular flexibility index (Phi) is 7.52. The summed E-state index contributed by atoms with van der Waals surface area (Å²) >= 11 is 0. The van der Waals surface area contributed by atoms with Gasteiger partial charge in [0.25, 0.3) is 0 Å². The number of benzene rings is 2. The van der Waals surface area contributed by atoms with Crippen LogP contribution in [0.3, 0.4) is 0 Å². The third kappa shape index (κ3) is 5.76. The summed E-state index contributed by atoms with van der Waals surface area (Å²) in [6, 6.07) is 13.5. The van der Waals surface area contributed by atoms with E-state index in [0.29, 0.717) is 0 Å². The molecule has 0 bridgehead atoms. The smallest absolute Gasteiger partial charge is 0.243 e. The number of rotatable bonds is 8. The molecular formula is C24H31N3O4. The van der Waals surface area contributed by atoms with Crippen LogP contribution in [0.25, 0.3) is 0 Å². The van der Waals surface area contributed by atoms with E-state index in [1.165, 1.54) is 4.90 Å². The summed E-state index contributed by atoms with van der Waals surface area (Å²) in [7, 11) is 4.93. The van der Waals surface area contributed by atoms with E-state index in [-0.39, 0.29) is 30.9 Å². The molecule has 2 amide bonds. The van der Waals surface area contributed by atoms with Crippen molar-refractivity contribution in [3.63, 3.8) is 0 Å². The van der Waals surface area contributed by atoms with Crippen molar-refractivity contribution in [3.8, 4) is 11.5 Å². The number of amides is 2. The Hall–Kier alpha value is -3.06. The van der Waals surface area contributed by atoms with Crippen molar-refractivity contribution in [2.75, 3.05) is 46.2 Å². The number of aryl methyl sites for hydroxylation is 1. The first-order chi connectivity index (χ1) is 14.9. The second kappa shape index (κ2) is 10.3. The zero-order valence-corrected chi connectivity index (χ0v) is 18.7. The second-order valence-electron chi connectivity index (χ2n) is 7.90. The molecule has 0 unspecified atom stereocenters. The van der Waals surface area contributed by atoms with Crippen LogP contribution in [-0.4, -0.2) is 62.5 Å². The number of carbonyl (C=O) groups excluding carboxylic acids is 2. The lowest BCUT2D eigenvalue weighted by molar-refractivity contribution is -0.134. The van der Waals surface area contributed by atoms with Gasteiger partial charge in [-0.2, -0.15) is 0 Å². The van der Waals surface area contributed by atoms with Crippen LogP contribution in [0, 0.1) is 6.92 Å². The Morgan fingerprint density at radius 2 is 1.87 bits per heavy atom. The van der Waals surface area contributed by atoms with E-state index in [4.69, 9.17) is 9.47 Å². The van der Waals surface area contributed by atoms with E-state index in [1.54, 1.807) is 21.3 Å². The fourth-order valence-electron chi connectivity index (χ4n) is 3.90. The molecule has 2 aromatic carbocycles. The maximum absolute atomic E-state index is 12.8. The van der Waals surface area contributed by atoms with Crippen molar-refractivity contribution in [3.05, 3.63) is 53.6 Å². The molecule has 2 aromatic rings. The lowest BCUT2D eigenvalue weighted by Gasteiger charge is -2.27. The number of nitrogens with one attached hydrogen (secondary N) is 1. The lowest BCUT2D eigenvalue weighted by Crippen LogP contribution is -2.41. The molecule has 7 heteroatoms. The number of likely N-dealkylation sites (tertiary alicyclic amines) is 1. The molecule has 0 radical (unpaired) electrons. The fourth-order valence-corrected chi connectivity index (χ4v) is 3.90. The van der Waals surface area contributed by atoms with E-state index in [0.717, 1.165) is 47.7 Å². The van der Waals surface area contributed by atoms with Crippen LogP contribution < -0.4 is 14.8 Å². The number of nitrogens with zero attached hydrogens (tertiary/aromatic N) is 2. The normalized spacial score (nSPS) is 16.1. The van der Waals surface area contributed by atoms with Gasteiger partial charge in [0.2, 0.25) is 11.8 Å². The van der Waals surface area contributed by atoms with Crippen molar-refractivity contribution in [1.29, 1.82) is 0 Å². The summed E-state index contributed by atoms with van der Waals surface area (Å²) in [5, 5.41) is 2.83. The van der Waals surface area contributed by atoms with Crippen molar-refractivity contribution >= 4 is 17.5 Å². The molecule has 1 saturated heterocycles. The number of likely N-dealkylation sites (N-methyl/N-ethyl adjacent to an activating group) is 1. The van der Waals surface area contributed by atoms with Gasteiger partial charge < -0.3 is 19.7 Å². The molecule has 1 aliphatic heterocycles. The van der Waals surface area contributed by atoms with Gasteiger partial charge in [0.1, 0.15) is 11.5 Å². The third-order valence-corrected chi connectivity index (χ3v) is 5.64. The van der Waals surface area contributed by atoms with Crippen LogP contribution in [-0.2, 0) is 9.59 Å². The van der Waals surface area contributed by atoms with Crippen LogP contribution in [0.1, 0.15) is 30.0 Å². The maximum atomic E-state index is 12.8. The van der Waals surface area contributed by atoms with Gasteiger partial charge in [-0.05, 0) is 44.5 Å². The number of hydrogen-bond donors (Lipinski definition) is 1. The molecule has 3 rings (SSSR count). The molecule has 1 atom stereocenters. The van der Waals surface area contributed by atoms with Crippen molar-refractivity contribution in [2.24, 2.45) is 0 Å². The van der Waals surface area contributed by atoms with Crippen molar-refractivity contribution in [1.82, 2.24) is 9.80 Å². The Balaban J connectivity index is 1.59. The topological polar surface area (TPSA) is 71.1 Å². The predicted molar refractivity (Wildman–Crippen MR) is 121 cm³/mol. The average molecular weight is 426 g/mol. The largest absolute Gasteiger partial charge is 0.497 e. The highest BCUT2D eigenvalue weighted by molar-refractivity contribution is 5.94. The first-order valence-corrected chi connectivity index (χ1v) is 10.5. The van der Waals surface area contributed by atoms with Crippen LogP contribution in [0.5, 0.6) is 11.5 Å². The molecule has 1 aliphatic rings. The SMILES string of the molecule is COc1ccc([C@H]2CCCN2CC(=O)N(C)CC(=O)Nc2ccc(C)cc2)c(OC)c1. The number of ether oxygens (including phenoxy) is 2. The Labute approximate surface area is 183 Å². The molecule has 1 N–H and O–H groups in total. The van der Waals surface area contributed by atoms with E-state index < -0.39 is 0 Å². The molecular weight excluding hydrogens is 394 g/mol. The minimum Gasteiger partial charge on any atom is -0.497 e. The third-order valence-electron chi connectivity index (χ3n) is 5.64. The van der Waals surface area contributed by atoms with Gasteiger partial charge in [-0.25, -0.2) is 0 Å². The minimum absolute atomic E-state index is 0.0110. The second-order valence-corrected chi connectivity index (χ2v) is 7.90. The van der Waals surface area contributed by atoms with E-state index in [1.807, 2.05) is 49.4 Å². The van der Waals surface area contributed by atoms with Gasteiger partial charge in [0.05, 0.1) is 27.3 Å². The van der Waals surface area contributed by atoms with E-state index >= 15 is 0 Å². The standard InChI is InChI=1S/C24H31N3O4/c1-17-7-9-18(10-8-17)25-23(28)15-26(2)24(29)16-27-13-5-6-21(27)20-12-11-19(30-3)14-22(20)31-4/h7-12,14,21H,5-6,13,15-16H2,1-4H3,(H,25,28)/t21-/m1/s1. The molecule has 1 fully saturated rings. The molecule has 0 saturated carbocycles. The monoisotopic (exact) mass is 425 g/mol. The van der Waals surface area contributed by atoms with Crippen LogP contribution >= 0.6 is 0 Å². The first kappa shape index (κ1) is 22.6. The quantitative estimate of drug-likeness (QED) is 0.703. The summed E-state index contributed by atoms with van der Waals surface area (Å²) in [5.41, 5.74) is 2.90. The Morgan fingerprint density at radius 1 is 1.13 bits per heavy atom. The van der Waals surface area contributed by atoms with Crippen molar-refractivity contribution in [2.45, 2.75) is 25.8 Å². The molecule has 1 heterocycles. The van der Waals surface area contributed by atoms with Gasteiger partial charge in [0.15, 0.2) is 0 Å². The summed E-state index contributed by atoms with van der Waals surface area (Å²) in [6.07, 6.45) is 1.96. The molecule has 166 valence electrons. The van der Waals surface area contributed by atoms with Crippen LogP contribution in [0.2, 0.25) is 0 Å². The van der Waals surface area contributed by atoms with Gasteiger partial charge in [0, 0.05) is 30.4 Å². The highest BCUT2D eigenvalue weighted by Gasteiger charge is 2.30. The number of hydrogen-bond acceptors (Lipinski definition) is 5. The van der Waals surface area contributed by atoms with Crippen LogP contribution in [0.15, 0.2) is 42.5 Å².